The van der Waals surface area contributed by atoms with Gasteiger partial charge in [-0.2, -0.15) is 0 Å². The maximum atomic E-state index is 9.35. The van der Waals surface area contributed by atoms with Gasteiger partial charge in [0.05, 0.1) is 6.10 Å². The van der Waals surface area contributed by atoms with Crippen LogP contribution in [-0.4, -0.2) is 22.4 Å². The zero-order valence-corrected chi connectivity index (χ0v) is 7.28. The number of hydrogen-bond donors (Lipinski definition) is 2. The Morgan fingerprint density at radius 3 is 2.09 bits per heavy atom. The smallest absolute Gasteiger partial charge is 0.104 e. The first-order chi connectivity index (χ1) is 5.13. The molecule has 2 heteroatoms. The first-order valence-corrected chi connectivity index (χ1v) is 3.78. The highest BCUT2D eigenvalue weighted by Gasteiger charge is 2.12. The molecule has 0 saturated carbocycles. The summed E-state index contributed by atoms with van der Waals surface area (Å²) in [6.07, 6.45) is 3.93. The third-order valence-electron chi connectivity index (χ3n) is 1.49. The Morgan fingerprint density at radius 1 is 1.27 bits per heavy atom. The van der Waals surface area contributed by atoms with Gasteiger partial charge in [-0.05, 0) is 26.3 Å². The molecule has 2 nitrogen and oxygen atoms in total. The third kappa shape index (κ3) is 3.35. The van der Waals surface area contributed by atoms with Crippen LogP contribution < -0.4 is 0 Å². The van der Waals surface area contributed by atoms with E-state index in [4.69, 9.17) is 5.11 Å². The summed E-state index contributed by atoms with van der Waals surface area (Å²) in [5, 5.41) is 18.4. The maximum absolute atomic E-state index is 9.35. The molecular weight excluding hydrogens is 140 g/mol. The highest BCUT2D eigenvalue weighted by Crippen LogP contribution is 2.07. The Bertz CT molecular complexity index is 157. The van der Waals surface area contributed by atoms with Gasteiger partial charge in [-0.3, -0.25) is 0 Å². The van der Waals surface area contributed by atoms with E-state index in [-0.39, 0.29) is 0 Å². The highest BCUT2D eigenvalue weighted by atomic mass is 16.3. The van der Waals surface area contributed by atoms with Crippen molar-refractivity contribution >= 4 is 0 Å². The van der Waals surface area contributed by atoms with Crippen molar-refractivity contribution in [3.8, 4) is 0 Å². The standard InChI is InChI=1S/C9H16O2/c1-4-6-8(5-2)9(11)7(3)10/h4-7,9-11H,1-3H3/b6-4-,8-5+. The average Bonchev–Trinajstić information content (AvgIpc) is 1.98. The zero-order valence-electron chi connectivity index (χ0n) is 7.28. The molecule has 2 unspecified atom stereocenters. The molecule has 0 aliphatic rings. The van der Waals surface area contributed by atoms with E-state index in [1.807, 2.05) is 19.9 Å². The normalized spacial score (nSPS) is 18.8. The molecule has 2 N–H and O–H groups in total. The summed E-state index contributed by atoms with van der Waals surface area (Å²) in [5.41, 5.74) is 0.752. The molecule has 0 aromatic rings. The number of hydrogen-bond acceptors (Lipinski definition) is 2. The molecule has 11 heavy (non-hydrogen) atoms. The second kappa shape index (κ2) is 5.10. The molecule has 0 aliphatic heterocycles. The fraction of sp³-hybridized carbons (Fsp3) is 0.556. The molecule has 64 valence electrons. The second-order valence-corrected chi connectivity index (χ2v) is 2.47. The summed E-state index contributed by atoms with van der Waals surface area (Å²) < 4.78 is 0. The molecule has 0 bridgehead atoms. The first-order valence-electron chi connectivity index (χ1n) is 3.78. The Labute approximate surface area is 67.9 Å². The lowest BCUT2D eigenvalue weighted by Gasteiger charge is -2.14. The van der Waals surface area contributed by atoms with Crippen molar-refractivity contribution in [2.45, 2.75) is 33.0 Å². The van der Waals surface area contributed by atoms with Crippen molar-refractivity contribution < 1.29 is 10.2 Å². The summed E-state index contributed by atoms with van der Waals surface area (Å²) in [6, 6.07) is 0. The van der Waals surface area contributed by atoms with Crippen molar-refractivity contribution in [3.63, 3.8) is 0 Å². The highest BCUT2D eigenvalue weighted by molar-refractivity contribution is 5.22. The lowest BCUT2D eigenvalue weighted by Crippen LogP contribution is -2.23. The lowest BCUT2D eigenvalue weighted by atomic mass is 10.1. The van der Waals surface area contributed by atoms with Gasteiger partial charge < -0.3 is 10.2 Å². The van der Waals surface area contributed by atoms with Crippen molar-refractivity contribution in [1.82, 2.24) is 0 Å². The van der Waals surface area contributed by atoms with Gasteiger partial charge in [0, 0.05) is 0 Å². The Morgan fingerprint density at radius 2 is 1.82 bits per heavy atom. The fourth-order valence-corrected chi connectivity index (χ4v) is 0.837. The molecule has 0 radical (unpaired) electrons. The lowest BCUT2D eigenvalue weighted by molar-refractivity contribution is 0.0567. The van der Waals surface area contributed by atoms with Crippen LogP contribution >= 0.6 is 0 Å². The summed E-state index contributed by atoms with van der Waals surface area (Å²) >= 11 is 0. The number of aliphatic hydroxyl groups is 2. The first kappa shape index (κ1) is 10.4. The van der Waals surface area contributed by atoms with Gasteiger partial charge in [0.2, 0.25) is 0 Å². The minimum Gasteiger partial charge on any atom is -0.390 e. The molecule has 0 aromatic carbocycles. The molecule has 0 amide bonds. The van der Waals surface area contributed by atoms with Crippen molar-refractivity contribution in [2.75, 3.05) is 0 Å². The van der Waals surface area contributed by atoms with E-state index in [0.29, 0.717) is 0 Å². The Hall–Kier alpha value is -0.600. The van der Waals surface area contributed by atoms with Crippen LogP contribution in [0.3, 0.4) is 0 Å². The topological polar surface area (TPSA) is 40.5 Å². The van der Waals surface area contributed by atoms with Crippen LogP contribution in [0.4, 0.5) is 0 Å². The average molecular weight is 156 g/mol. The SMILES string of the molecule is C/C=C\C(=C/C)C(O)C(C)O. The maximum Gasteiger partial charge on any atom is 0.104 e. The van der Waals surface area contributed by atoms with Crippen LogP contribution in [0.15, 0.2) is 23.8 Å². The number of rotatable bonds is 3. The molecule has 2 atom stereocenters. The van der Waals surface area contributed by atoms with Crippen LogP contribution in [0, 0.1) is 0 Å². The van der Waals surface area contributed by atoms with E-state index >= 15 is 0 Å². The van der Waals surface area contributed by atoms with Gasteiger partial charge in [0.15, 0.2) is 0 Å². The summed E-state index contributed by atoms with van der Waals surface area (Å²) in [4.78, 5) is 0. The van der Waals surface area contributed by atoms with E-state index in [1.54, 1.807) is 19.1 Å². The quantitative estimate of drug-likeness (QED) is 0.604. The van der Waals surface area contributed by atoms with E-state index in [2.05, 4.69) is 0 Å². The molecule has 0 heterocycles. The van der Waals surface area contributed by atoms with Crippen molar-refractivity contribution in [1.29, 1.82) is 0 Å². The van der Waals surface area contributed by atoms with Gasteiger partial charge in [0.1, 0.15) is 6.10 Å². The Kier molecular flexibility index (Phi) is 4.83. The predicted octanol–water partition coefficient (Wildman–Crippen LogP) is 1.25. The second-order valence-electron chi connectivity index (χ2n) is 2.47. The number of aliphatic hydroxyl groups excluding tert-OH is 2. The van der Waals surface area contributed by atoms with Crippen LogP contribution in [0.2, 0.25) is 0 Å². The van der Waals surface area contributed by atoms with Crippen molar-refractivity contribution in [3.05, 3.63) is 23.8 Å². The van der Waals surface area contributed by atoms with Gasteiger partial charge >= 0.3 is 0 Å². The fourth-order valence-electron chi connectivity index (χ4n) is 0.837. The summed E-state index contributed by atoms with van der Waals surface area (Å²) in [5.74, 6) is 0. The van der Waals surface area contributed by atoms with E-state index in [9.17, 15) is 5.11 Å². The van der Waals surface area contributed by atoms with Gasteiger partial charge in [0.25, 0.3) is 0 Å². The van der Waals surface area contributed by atoms with Gasteiger partial charge in [-0.25, -0.2) is 0 Å². The molecule has 0 saturated heterocycles. The summed E-state index contributed by atoms with van der Waals surface area (Å²) in [6.45, 7) is 5.27. The van der Waals surface area contributed by atoms with Gasteiger partial charge in [-0.15, -0.1) is 0 Å². The van der Waals surface area contributed by atoms with E-state index in [0.717, 1.165) is 5.57 Å². The van der Waals surface area contributed by atoms with Crippen LogP contribution in [0.25, 0.3) is 0 Å². The van der Waals surface area contributed by atoms with Crippen LogP contribution in [-0.2, 0) is 0 Å². The monoisotopic (exact) mass is 156 g/mol. The molecule has 0 aromatic heterocycles. The molecular formula is C9H16O2. The zero-order chi connectivity index (χ0) is 8.85. The van der Waals surface area contributed by atoms with Crippen LogP contribution in [0.5, 0.6) is 0 Å². The largest absolute Gasteiger partial charge is 0.390 e. The third-order valence-corrected chi connectivity index (χ3v) is 1.49. The predicted molar refractivity (Wildman–Crippen MR) is 46.3 cm³/mol. The minimum atomic E-state index is -0.767. The Balaban J connectivity index is 4.27. The van der Waals surface area contributed by atoms with Gasteiger partial charge in [-0.1, -0.05) is 18.2 Å². The van der Waals surface area contributed by atoms with Crippen LogP contribution in [0.1, 0.15) is 20.8 Å². The number of allylic oxidation sites excluding steroid dienone is 2. The summed E-state index contributed by atoms with van der Waals surface area (Å²) in [7, 11) is 0. The molecule has 0 aliphatic carbocycles. The van der Waals surface area contributed by atoms with Crippen molar-refractivity contribution in [2.24, 2.45) is 0 Å². The molecule has 0 rings (SSSR count). The van der Waals surface area contributed by atoms with E-state index in [1.165, 1.54) is 0 Å². The molecule has 0 fully saturated rings. The minimum absolute atomic E-state index is 0.711. The molecule has 0 spiro atoms. The van der Waals surface area contributed by atoms with E-state index < -0.39 is 12.2 Å².